The molecular weight excluding hydrogens is 416 g/mol. The summed E-state index contributed by atoms with van der Waals surface area (Å²) in [5, 5.41) is 16.3. The Balaban J connectivity index is 4.99. The SMILES string of the molecule is CC(NC(=O)C(CCCCN)NC(=O)C(N)CS)C(=O)NC(CCC(N)=O)C(=O)O. The van der Waals surface area contributed by atoms with Crippen LogP contribution in [0.25, 0.3) is 0 Å². The van der Waals surface area contributed by atoms with E-state index in [0.29, 0.717) is 19.4 Å². The number of primary amides is 1. The van der Waals surface area contributed by atoms with Crippen LogP contribution in [0.4, 0.5) is 0 Å². The van der Waals surface area contributed by atoms with Crippen LogP contribution in [0.3, 0.4) is 0 Å². The molecule has 0 aliphatic rings. The van der Waals surface area contributed by atoms with Gasteiger partial charge >= 0.3 is 5.97 Å². The molecular formula is C17H32N6O6S. The van der Waals surface area contributed by atoms with Crippen LogP contribution in [0, 0.1) is 0 Å². The van der Waals surface area contributed by atoms with Gasteiger partial charge < -0.3 is 38.3 Å². The predicted octanol–water partition coefficient (Wildman–Crippen LogP) is -2.80. The molecule has 0 aliphatic carbocycles. The lowest BCUT2D eigenvalue weighted by molar-refractivity contribution is -0.142. The molecule has 0 radical (unpaired) electrons. The Morgan fingerprint density at radius 2 is 1.53 bits per heavy atom. The van der Waals surface area contributed by atoms with E-state index in [1.165, 1.54) is 6.92 Å². The summed E-state index contributed by atoms with van der Waals surface area (Å²) in [7, 11) is 0. The van der Waals surface area contributed by atoms with Gasteiger partial charge in [-0.2, -0.15) is 12.6 Å². The van der Waals surface area contributed by atoms with Gasteiger partial charge in [-0.1, -0.05) is 0 Å². The van der Waals surface area contributed by atoms with Crippen molar-refractivity contribution in [3.05, 3.63) is 0 Å². The van der Waals surface area contributed by atoms with Crippen LogP contribution in [-0.4, -0.2) is 71.2 Å². The molecule has 0 fully saturated rings. The molecule has 13 heteroatoms. The minimum atomic E-state index is -1.34. The van der Waals surface area contributed by atoms with Crippen molar-refractivity contribution in [2.24, 2.45) is 17.2 Å². The van der Waals surface area contributed by atoms with Crippen LogP contribution in [-0.2, 0) is 24.0 Å². The Morgan fingerprint density at radius 3 is 2.03 bits per heavy atom. The molecule has 172 valence electrons. The molecule has 0 heterocycles. The van der Waals surface area contributed by atoms with Crippen LogP contribution >= 0.6 is 12.6 Å². The second kappa shape index (κ2) is 14.6. The van der Waals surface area contributed by atoms with Crippen LogP contribution in [0.5, 0.6) is 0 Å². The molecule has 30 heavy (non-hydrogen) atoms. The summed E-state index contributed by atoms with van der Waals surface area (Å²) in [5.74, 6) is -3.91. The van der Waals surface area contributed by atoms with Gasteiger partial charge in [0.05, 0.1) is 6.04 Å². The van der Waals surface area contributed by atoms with E-state index in [9.17, 15) is 24.0 Å². The quantitative estimate of drug-likeness (QED) is 0.0963. The van der Waals surface area contributed by atoms with Gasteiger partial charge in [-0.3, -0.25) is 19.2 Å². The van der Waals surface area contributed by atoms with E-state index < -0.39 is 53.8 Å². The smallest absolute Gasteiger partial charge is 0.326 e. The van der Waals surface area contributed by atoms with Crippen molar-refractivity contribution >= 4 is 42.2 Å². The average molecular weight is 449 g/mol. The summed E-state index contributed by atoms with van der Waals surface area (Å²) in [4.78, 5) is 58.9. The lowest BCUT2D eigenvalue weighted by Gasteiger charge is -2.23. The first-order valence-electron chi connectivity index (χ1n) is 9.52. The summed E-state index contributed by atoms with van der Waals surface area (Å²) in [5.41, 5.74) is 16.1. The third-order valence-corrected chi connectivity index (χ3v) is 4.55. The van der Waals surface area contributed by atoms with Crippen molar-refractivity contribution in [3.63, 3.8) is 0 Å². The van der Waals surface area contributed by atoms with Gasteiger partial charge in [0.25, 0.3) is 0 Å². The zero-order valence-corrected chi connectivity index (χ0v) is 17.8. The summed E-state index contributed by atoms with van der Waals surface area (Å²) >= 11 is 3.94. The van der Waals surface area contributed by atoms with Gasteiger partial charge in [-0.05, 0) is 39.2 Å². The summed E-state index contributed by atoms with van der Waals surface area (Å²) in [6, 6.07) is -4.28. The number of thiol groups is 1. The highest BCUT2D eigenvalue weighted by molar-refractivity contribution is 7.80. The molecule has 0 bridgehead atoms. The lowest BCUT2D eigenvalue weighted by atomic mass is 10.1. The van der Waals surface area contributed by atoms with E-state index in [4.69, 9.17) is 22.3 Å². The molecule has 4 amide bonds. The maximum Gasteiger partial charge on any atom is 0.326 e. The number of hydrogen-bond donors (Lipinski definition) is 8. The molecule has 0 saturated carbocycles. The number of carbonyl (C=O) groups is 5. The van der Waals surface area contributed by atoms with Gasteiger partial charge in [-0.15, -0.1) is 0 Å². The third-order valence-electron chi connectivity index (χ3n) is 4.16. The second-order valence-corrected chi connectivity index (χ2v) is 7.13. The van der Waals surface area contributed by atoms with E-state index in [-0.39, 0.29) is 25.0 Å². The number of aliphatic carboxylic acids is 1. The fourth-order valence-electron chi connectivity index (χ4n) is 2.34. The molecule has 0 aliphatic heterocycles. The molecule has 4 unspecified atom stereocenters. The Kier molecular flexibility index (Phi) is 13.4. The minimum Gasteiger partial charge on any atom is -0.480 e. The standard InChI is InChI=1S/C17H32N6O6S/c1-9(14(25)23-12(17(28)29)5-6-13(20)24)21-16(27)11(4-2-3-7-18)22-15(26)10(19)8-30/h9-12,30H,2-8,18-19H2,1H3,(H2,20,24)(H,21,27)(H,22,26)(H,23,25)(H,28,29). The number of rotatable bonds is 15. The van der Waals surface area contributed by atoms with E-state index in [0.717, 1.165) is 0 Å². The monoisotopic (exact) mass is 448 g/mol. The van der Waals surface area contributed by atoms with Crippen molar-refractivity contribution in [2.75, 3.05) is 12.3 Å². The van der Waals surface area contributed by atoms with Crippen molar-refractivity contribution in [2.45, 2.75) is 63.2 Å². The van der Waals surface area contributed by atoms with Crippen LogP contribution in [0.1, 0.15) is 39.0 Å². The van der Waals surface area contributed by atoms with Crippen molar-refractivity contribution in [1.82, 2.24) is 16.0 Å². The molecule has 0 aromatic rings. The Morgan fingerprint density at radius 1 is 0.933 bits per heavy atom. The molecule has 12 nitrogen and oxygen atoms in total. The van der Waals surface area contributed by atoms with Crippen molar-refractivity contribution in [1.29, 1.82) is 0 Å². The Labute approximate surface area is 180 Å². The Hall–Kier alpha value is -2.38. The molecule has 0 rings (SSSR count). The molecule has 10 N–H and O–H groups in total. The highest BCUT2D eigenvalue weighted by Gasteiger charge is 2.28. The number of carbonyl (C=O) groups excluding carboxylic acids is 4. The first kappa shape index (κ1) is 27.6. The number of carboxylic acid groups (broad SMARTS) is 1. The van der Waals surface area contributed by atoms with Gasteiger partial charge in [0.15, 0.2) is 0 Å². The van der Waals surface area contributed by atoms with Gasteiger partial charge in [0, 0.05) is 12.2 Å². The molecule has 0 saturated heterocycles. The molecule has 0 spiro atoms. The summed E-state index contributed by atoms with van der Waals surface area (Å²) in [6.45, 7) is 1.78. The van der Waals surface area contributed by atoms with E-state index in [1.807, 2.05) is 0 Å². The molecule has 0 aromatic heterocycles. The first-order valence-corrected chi connectivity index (χ1v) is 10.1. The van der Waals surface area contributed by atoms with Crippen LogP contribution in [0.2, 0.25) is 0 Å². The van der Waals surface area contributed by atoms with Gasteiger partial charge in [0.2, 0.25) is 23.6 Å². The van der Waals surface area contributed by atoms with Crippen LogP contribution in [0.15, 0.2) is 0 Å². The zero-order valence-electron chi connectivity index (χ0n) is 16.9. The zero-order chi connectivity index (χ0) is 23.3. The Bertz CT molecular complexity index is 620. The van der Waals surface area contributed by atoms with E-state index >= 15 is 0 Å². The third kappa shape index (κ3) is 11.0. The number of unbranched alkanes of at least 4 members (excludes halogenated alkanes) is 1. The largest absolute Gasteiger partial charge is 0.480 e. The molecule has 0 aromatic carbocycles. The van der Waals surface area contributed by atoms with Crippen LogP contribution < -0.4 is 33.2 Å². The summed E-state index contributed by atoms with van der Waals surface area (Å²) < 4.78 is 0. The number of nitrogens with two attached hydrogens (primary N) is 3. The predicted molar refractivity (Wildman–Crippen MR) is 112 cm³/mol. The number of hydrogen-bond acceptors (Lipinski definition) is 8. The van der Waals surface area contributed by atoms with E-state index in [1.54, 1.807) is 0 Å². The summed E-state index contributed by atoms with van der Waals surface area (Å²) in [6.07, 6.45) is 1.06. The highest BCUT2D eigenvalue weighted by Crippen LogP contribution is 2.03. The topological polar surface area (TPSA) is 220 Å². The maximum absolute atomic E-state index is 12.6. The van der Waals surface area contributed by atoms with Crippen molar-refractivity contribution < 1.29 is 29.1 Å². The van der Waals surface area contributed by atoms with E-state index in [2.05, 4.69) is 28.6 Å². The lowest BCUT2D eigenvalue weighted by Crippen LogP contribution is -2.56. The first-order chi connectivity index (χ1) is 14.0. The normalized spacial score (nSPS) is 14.7. The van der Waals surface area contributed by atoms with Gasteiger partial charge in [0.1, 0.15) is 18.1 Å². The minimum absolute atomic E-state index is 0.0870. The highest BCUT2D eigenvalue weighted by atomic mass is 32.1. The fourth-order valence-corrected chi connectivity index (χ4v) is 2.51. The van der Waals surface area contributed by atoms with Gasteiger partial charge in [-0.25, -0.2) is 4.79 Å². The fraction of sp³-hybridized carbons (Fsp3) is 0.706. The number of nitrogens with one attached hydrogen (secondary N) is 3. The molecule has 4 atom stereocenters. The average Bonchev–Trinajstić information content (AvgIpc) is 2.68. The maximum atomic E-state index is 12.6. The number of carboxylic acids is 1. The number of amides is 4. The second-order valence-electron chi connectivity index (χ2n) is 6.77. The van der Waals surface area contributed by atoms with Crippen molar-refractivity contribution in [3.8, 4) is 0 Å².